The van der Waals surface area contributed by atoms with Gasteiger partial charge in [-0.15, -0.1) is 11.3 Å². The lowest BCUT2D eigenvalue weighted by molar-refractivity contribution is 0.436. The third-order valence-electron chi connectivity index (χ3n) is 8.41. The van der Waals surface area contributed by atoms with Gasteiger partial charge >= 0.3 is 0 Å². The van der Waals surface area contributed by atoms with Gasteiger partial charge < -0.3 is 0 Å². The zero-order chi connectivity index (χ0) is 27.0. The highest BCUT2D eigenvalue weighted by Gasteiger charge is 2.41. The van der Waals surface area contributed by atoms with Gasteiger partial charge in [0.25, 0.3) is 0 Å². The van der Waals surface area contributed by atoms with Gasteiger partial charge in [0.2, 0.25) is 0 Å². The molecule has 0 aliphatic heterocycles. The molecule has 0 saturated heterocycles. The molecule has 0 amide bonds. The number of hydrogen-bond donors (Lipinski definition) is 0. The van der Waals surface area contributed by atoms with Crippen molar-refractivity contribution in [2.45, 2.75) is 51.9 Å². The molecule has 39 heavy (non-hydrogen) atoms. The monoisotopic (exact) mass is 524 g/mol. The standard InChI is InChI=1S/C38H36S/c1-5-22-38(23-6-2)34-24-26(4)8-18-32(34)33-19-17-31(25-35(33)38)37-21-20-36(39-37)30-15-13-29(14-16-30)28-11-9-27(7-3)10-12-28/h7-21,24-25H,3,5-6,22-23H2,1-2,4H3. The SMILES string of the molecule is C=Cc1ccc(-c2ccc(-c3ccc(-c4ccc5c(c4)C(CCC)(CCC)c4cc(C)ccc4-5)s3)cc2)cc1. The van der Waals surface area contributed by atoms with Gasteiger partial charge in [-0.25, -0.2) is 0 Å². The van der Waals surface area contributed by atoms with E-state index in [0.717, 1.165) is 5.56 Å². The molecular weight excluding hydrogens is 488 g/mol. The van der Waals surface area contributed by atoms with Gasteiger partial charge in [0, 0.05) is 15.2 Å². The number of aryl methyl sites for hydroxylation is 1. The molecule has 0 bridgehead atoms. The summed E-state index contributed by atoms with van der Waals surface area (Å²) in [6, 6.07) is 36.5. The fourth-order valence-corrected chi connectivity index (χ4v) is 7.57. The summed E-state index contributed by atoms with van der Waals surface area (Å²) in [4.78, 5) is 2.65. The molecular formula is C38H36S. The van der Waals surface area contributed by atoms with Crippen molar-refractivity contribution in [2.24, 2.45) is 0 Å². The third-order valence-corrected chi connectivity index (χ3v) is 9.59. The minimum absolute atomic E-state index is 0.121. The van der Waals surface area contributed by atoms with Crippen LogP contribution < -0.4 is 0 Å². The zero-order valence-electron chi connectivity index (χ0n) is 23.3. The first-order chi connectivity index (χ1) is 19.1. The van der Waals surface area contributed by atoms with E-state index < -0.39 is 0 Å². The minimum Gasteiger partial charge on any atom is -0.135 e. The quantitative estimate of drug-likeness (QED) is 0.189. The first-order valence-electron chi connectivity index (χ1n) is 14.3. The van der Waals surface area contributed by atoms with Gasteiger partial charge in [-0.05, 0) is 88.0 Å². The zero-order valence-corrected chi connectivity index (χ0v) is 24.1. The van der Waals surface area contributed by atoms with Crippen molar-refractivity contribution >= 4 is 17.4 Å². The molecule has 194 valence electrons. The maximum absolute atomic E-state index is 3.86. The predicted molar refractivity (Wildman–Crippen MR) is 171 cm³/mol. The molecule has 0 unspecified atom stereocenters. The molecule has 1 aliphatic carbocycles. The lowest BCUT2D eigenvalue weighted by Crippen LogP contribution is -2.25. The number of fused-ring (bicyclic) bond motifs is 3. The molecule has 4 aromatic carbocycles. The maximum atomic E-state index is 3.86. The van der Waals surface area contributed by atoms with E-state index >= 15 is 0 Å². The molecule has 1 heteroatoms. The van der Waals surface area contributed by atoms with E-state index in [2.05, 4.69) is 124 Å². The van der Waals surface area contributed by atoms with Crippen molar-refractivity contribution in [3.63, 3.8) is 0 Å². The Morgan fingerprint density at radius 2 is 1.13 bits per heavy atom. The van der Waals surface area contributed by atoms with Gasteiger partial charge in [0.05, 0.1) is 0 Å². The molecule has 1 heterocycles. The fraction of sp³-hybridized carbons (Fsp3) is 0.211. The summed E-state index contributed by atoms with van der Waals surface area (Å²) < 4.78 is 0. The Kier molecular flexibility index (Phi) is 6.87. The van der Waals surface area contributed by atoms with E-state index in [1.54, 1.807) is 5.56 Å². The highest BCUT2D eigenvalue weighted by molar-refractivity contribution is 7.18. The molecule has 0 fully saturated rings. The summed E-state index contributed by atoms with van der Waals surface area (Å²) in [6.45, 7) is 10.8. The van der Waals surface area contributed by atoms with Gasteiger partial charge in [-0.3, -0.25) is 0 Å². The van der Waals surface area contributed by atoms with Gasteiger partial charge in [-0.1, -0.05) is 124 Å². The lowest BCUT2D eigenvalue weighted by atomic mass is 9.71. The van der Waals surface area contributed by atoms with Crippen molar-refractivity contribution < 1.29 is 0 Å². The Balaban J connectivity index is 1.34. The van der Waals surface area contributed by atoms with Crippen molar-refractivity contribution in [3.05, 3.63) is 126 Å². The van der Waals surface area contributed by atoms with Crippen molar-refractivity contribution in [1.82, 2.24) is 0 Å². The Labute approximate surface area is 237 Å². The van der Waals surface area contributed by atoms with Crippen LogP contribution in [0.5, 0.6) is 0 Å². The second-order valence-electron chi connectivity index (χ2n) is 11.0. The highest BCUT2D eigenvalue weighted by atomic mass is 32.1. The van der Waals surface area contributed by atoms with E-state index in [1.165, 1.54) is 79.9 Å². The van der Waals surface area contributed by atoms with Crippen molar-refractivity contribution in [3.8, 4) is 43.1 Å². The molecule has 0 nitrogen and oxygen atoms in total. The molecule has 0 atom stereocenters. The van der Waals surface area contributed by atoms with Crippen LogP contribution in [0.2, 0.25) is 0 Å². The van der Waals surface area contributed by atoms with Crippen molar-refractivity contribution in [1.29, 1.82) is 0 Å². The molecule has 0 radical (unpaired) electrons. The molecule has 5 aromatic rings. The summed E-state index contributed by atoms with van der Waals surface area (Å²) in [5.74, 6) is 0. The van der Waals surface area contributed by atoms with E-state index in [1.807, 2.05) is 17.4 Å². The predicted octanol–water partition coefficient (Wildman–Crippen LogP) is 11.6. The molecule has 0 saturated carbocycles. The van der Waals surface area contributed by atoms with Gasteiger partial charge in [0.1, 0.15) is 0 Å². The lowest BCUT2D eigenvalue weighted by Gasteiger charge is -2.32. The average molecular weight is 525 g/mol. The van der Waals surface area contributed by atoms with E-state index in [4.69, 9.17) is 0 Å². The molecule has 6 rings (SSSR count). The first-order valence-corrected chi connectivity index (χ1v) is 15.1. The maximum Gasteiger partial charge on any atom is 0.0349 e. The summed E-state index contributed by atoms with van der Waals surface area (Å²) in [6.07, 6.45) is 6.66. The van der Waals surface area contributed by atoms with Crippen LogP contribution in [-0.4, -0.2) is 0 Å². The molecule has 1 aromatic heterocycles. The largest absolute Gasteiger partial charge is 0.135 e. The van der Waals surface area contributed by atoms with Gasteiger partial charge in [-0.2, -0.15) is 0 Å². The van der Waals surface area contributed by atoms with Crippen LogP contribution >= 0.6 is 11.3 Å². The van der Waals surface area contributed by atoms with Gasteiger partial charge in [0.15, 0.2) is 0 Å². The van der Waals surface area contributed by atoms with Crippen molar-refractivity contribution in [2.75, 3.05) is 0 Å². The summed E-state index contributed by atoms with van der Waals surface area (Å²) >= 11 is 1.89. The Bertz CT molecular complexity index is 1620. The van der Waals surface area contributed by atoms with E-state index in [0.29, 0.717) is 0 Å². The molecule has 1 aliphatic rings. The average Bonchev–Trinajstić information content (AvgIpc) is 3.56. The van der Waals surface area contributed by atoms with Crippen LogP contribution in [0.1, 0.15) is 61.8 Å². The topological polar surface area (TPSA) is 0 Å². The van der Waals surface area contributed by atoms with Crippen LogP contribution in [0.15, 0.2) is 104 Å². The second-order valence-corrected chi connectivity index (χ2v) is 12.0. The Morgan fingerprint density at radius 3 is 1.74 bits per heavy atom. The summed E-state index contributed by atoms with van der Waals surface area (Å²) in [5, 5.41) is 0. The summed E-state index contributed by atoms with van der Waals surface area (Å²) in [7, 11) is 0. The highest BCUT2D eigenvalue weighted by Crippen LogP contribution is 2.55. The van der Waals surface area contributed by atoms with Crippen LogP contribution in [0.3, 0.4) is 0 Å². The second kappa shape index (κ2) is 10.5. The number of hydrogen-bond acceptors (Lipinski definition) is 1. The molecule has 0 N–H and O–H groups in total. The first kappa shape index (κ1) is 25.6. The molecule has 0 spiro atoms. The van der Waals surface area contributed by atoms with Crippen LogP contribution in [-0.2, 0) is 5.41 Å². The van der Waals surface area contributed by atoms with Crippen LogP contribution in [0, 0.1) is 6.92 Å². The summed E-state index contributed by atoms with van der Waals surface area (Å²) in [5.41, 5.74) is 13.7. The van der Waals surface area contributed by atoms with E-state index in [-0.39, 0.29) is 5.41 Å². The number of benzene rings is 4. The Morgan fingerprint density at radius 1 is 0.615 bits per heavy atom. The van der Waals surface area contributed by atoms with Crippen LogP contribution in [0.25, 0.3) is 49.2 Å². The number of thiophene rings is 1. The fourth-order valence-electron chi connectivity index (χ4n) is 6.57. The smallest absolute Gasteiger partial charge is 0.0349 e. The minimum atomic E-state index is 0.121. The Hall–Kier alpha value is -3.68. The third kappa shape index (κ3) is 4.49. The number of rotatable bonds is 8. The van der Waals surface area contributed by atoms with Crippen LogP contribution in [0.4, 0.5) is 0 Å². The van der Waals surface area contributed by atoms with E-state index in [9.17, 15) is 0 Å². The normalized spacial score (nSPS) is 13.2.